The number of hydrogen-bond donors (Lipinski definition) is 2. The van der Waals surface area contributed by atoms with E-state index < -0.39 is 11.5 Å². The van der Waals surface area contributed by atoms with E-state index in [1.165, 1.54) is 0 Å². The van der Waals surface area contributed by atoms with Gasteiger partial charge in [-0.1, -0.05) is 88.8 Å². The van der Waals surface area contributed by atoms with Crippen molar-refractivity contribution in [1.82, 2.24) is 15.0 Å². The van der Waals surface area contributed by atoms with Crippen LogP contribution in [0.15, 0.2) is 102 Å². The van der Waals surface area contributed by atoms with Crippen molar-refractivity contribution >= 4 is 33.2 Å². The van der Waals surface area contributed by atoms with E-state index in [0.29, 0.717) is 35.6 Å². The van der Waals surface area contributed by atoms with Gasteiger partial charge < -0.3 is 10.2 Å². The van der Waals surface area contributed by atoms with Crippen molar-refractivity contribution in [3.05, 3.63) is 119 Å². The predicted molar refractivity (Wildman–Crippen MR) is 150 cm³/mol. The average molecular weight is 573 g/mol. The Morgan fingerprint density at radius 1 is 1.05 bits per heavy atom. The minimum atomic E-state index is -1.70. The molecule has 0 saturated carbocycles. The lowest BCUT2D eigenvalue weighted by molar-refractivity contribution is -0.138. The quantitative estimate of drug-likeness (QED) is 0.265. The second-order valence-electron chi connectivity index (χ2n) is 9.46. The molecule has 3 aromatic carbocycles. The molecule has 1 unspecified atom stereocenters. The van der Waals surface area contributed by atoms with Crippen LogP contribution < -0.4 is 4.90 Å². The van der Waals surface area contributed by atoms with Gasteiger partial charge in [0.05, 0.1) is 23.9 Å². The first-order valence-electron chi connectivity index (χ1n) is 12.6. The monoisotopic (exact) mass is 572 g/mol. The summed E-state index contributed by atoms with van der Waals surface area (Å²) in [5.74, 6) is -1.07. The maximum absolute atomic E-state index is 13.7. The number of amides is 1. The fourth-order valence-corrected chi connectivity index (χ4v) is 5.32. The number of allylic oxidation sites excluding steroid dienone is 1. The molecule has 0 spiro atoms. The van der Waals surface area contributed by atoms with Gasteiger partial charge in [0.2, 0.25) is 0 Å². The summed E-state index contributed by atoms with van der Waals surface area (Å²) >= 11 is 3.49. The summed E-state index contributed by atoms with van der Waals surface area (Å²) in [5, 5.41) is 30.2. The molecule has 0 saturated heterocycles. The third kappa shape index (κ3) is 4.82. The highest BCUT2D eigenvalue weighted by Crippen LogP contribution is 2.49. The molecule has 0 fully saturated rings. The van der Waals surface area contributed by atoms with Gasteiger partial charge in [0.15, 0.2) is 5.60 Å². The Morgan fingerprint density at radius 3 is 2.47 bits per heavy atom. The third-order valence-corrected chi connectivity index (χ3v) is 7.55. The van der Waals surface area contributed by atoms with Crippen molar-refractivity contribution in [2.45, 2.75) is 31.4 Å². The van der Waals surface area contributed by atoms with Crippen LogP contribution in [0.3, 0.4) is 0 Å². The average Bonchev–Trinajstić information content (AvgIpc) is 3.49. The zero-order chi connectivity index (χ0) is 26.7. The first-order valence-corrected chi connectivity index (χ1v) is 13.4. The molecule has 0 aliphatic carbocycles. The normalized spacial score (nSPS) is 18.6. The molecular weight excluding hydrogens is 544 g/mol. The van der Waals surface area contributed by atoms with E-state index in [9.17, 15) is 15.0 Å². The Balaban J connectivity index is 1.30. The maximum Gasteiger partial charge on any atom is 0.268 e. The molecule has 2 N–H and O–H groups in total. The number of anilines is 2. The smallest absolute Gasteiger partial charge is 0.268 e. The summed E-state index contributed by atoms with van der Waals surface area (Å²) in [6.07, 6.45) is 6.33. The first kappa shape index (κ1) is 26.0. The Labute approximate surface area is 230 Å². The number of fused-ring (bicyclic) bond motifs is 1. The third-order valence-electron chi connectivity index (χ3n) is 7.06. The molecule has 5 rings (SSSR count). The second-order valence-corrected chi connectivity index (χ2v) is 10.4. The van der Waals surface area contributed by atoms with Crippen LogP contribution in [0.2, 0.25) is 0 Å². The van der Waals surface area contributed by atoms with Crippen molar-refractivity contribution in [3.63, 3.8) is 0 Å². The summed E-state index contributed by atoms with van der Waals surface area (Å²) in [7, 11) is 0. The van der Waals surface area contributed by atoms with Gasteiger partial charge in [0, 0.05) is 34.4 Å². The zero-order valence-corrected chi connectivity index (χ0v) is 22.6. The number of aliphatic hydroxyl groups excluding tert-OH is 1. The van der Waals surface area contributed by atoms with Crippen molar-refractivity contribution in [2.24, 2.45) is 5.92 Å². The molecule has 1 amide bonds. The molecule has 1 aliphatic heterocycles. The standard InChI is InChI=1S/C30H29BrN4O3/c1-21(10-8-9-17-34-19-27(32-33-34)25(20-36)22-11-4-2-5-12-22)30(38)26-18-23(31)15-16-28(26)35(29(30)37)24-13-6-3-7-14-24/h2-8,10-16,18-19,21,25,36,38H,9,17,20H2,1H3/b10-8+/t21-,25?,30+/m0/s1. The van der Waals surface area contributed by atoms with E-state index in [1.807, 2.05) is 104 Å². The topological polar surface area (TPSA) is 91.5 Å². The molecule has 1 aromatic heterocycles. The first-order chi connectivity index (χ1) is 18.4. The van der Waals surface area contributed by atoms with Gasteiger partial charge in [-0.2, -0.15) is 0 Å². The second kappa shape index (κ2) is 11.0. The molecule has 7 nitrogen and oxygen atoms in total. The SMILES string of the molecule is C[C@@H](/C=C/CCn1cc(C(CO)c2ccccc2)nn1)[C@]1(O)C(=O)N(c2ccccc2)c2ccc(Br)cc21. The van der Waals surface area contributed by atoms with Gasteiger partial charge in [0.25, 0.3) is 5.91 Å². The highest BCUT2D eigenvalue weighted by Gasteiger charge is 2.53. The van der Waals surface area contributed by atoms with E-state index in [-0.39, 0.29) is 18.4 Å². The van der Waals surface area contributed by atoms with Crippen LogP contribution >= 0.6 is 15.9 Å². The van der Waals surface area contributed by atoms with E-state index in [2.05, 4.69) is 26.2 Å². The summed E-state index contributed by atoms with van der Waals surface area (Å²) in [6, 6.07) is 24.7. The lowest BCUT2D eigenvalue weighted by Gasteiger charge is -2.27. The van der Waals surface area contributed by atoms with Crippen molar-refractivity contribution in [2.75, 3.05) is 11.5 Å². The Hall–Kier alpha value is -3.59. The van der Waals surface area contributed by atoms with Gasteiger partial charge in [-0.3, -0.25) is 14.4 Å². The molecular formula is C30H29BrN4O3. The maximum atomic E-state index is 13.7. The van der Waals surface area contributed by atoms with E-state index in [1.54, 1.807) is 9.58 Å². The van der Waals surface area contributed by atoms with E-state index >= 15 is 0 Å². The number of benzene rings is 3. The predicted octanol–water partition coefficient (Wildman–Crippen LogP) is 5.31. The molecule has 2 heterocycles. The van der Waals surface area contributed by atoms with Gasteiger partial charge in [0.1, 0.15) is 0 Å². The number of aryl methyl sites for hydroxylation is 1. The number of para-hydroxylation sites is 1. The molecule has 3 atom stereocenters. The molecule has 194 valence electrons. The van der Waals surface area contributed by atoms with Crippen molar-refractivity contribution in [1.29, 1.82) is 0 Å². The Bertz CT molecular complexity index is 1440. The molecule has 4 aromatic rings. The molecule has 8 heteroatoms. The minimum absolute atomic E-state index is 0.0513. The molecule has 1 aliphatic rings. The van der Waals surface area contributed by atoms with Crippen LogP contribution in [-0.2, 0) is 16.9 Å². The number of carbonyl (C=O) groups excluding carboxylic acids is 1. The van der Waals surface area contributed by atoms with E-state index in [4.69, 9.17) is 0 Å². The summed E-state index contributed by atoms with van der Waals surface area (Å²) in [4.78, 5) is 15.3. The van der Waals surface area contributed by atoms with Gasteiger partial charge >= 0.3 is 0 Å². The van der Waals surface area contributed by atoms with Crippen LogP contribution in [0.1, 0.15) is 36.1 Å². The zero-order valence-electron chi connectivity index (χ0n) is 21.0. The lowest BCUT2D eigenvalue weighted by atomic mass is 9.83. The number of nitrogens with zero attached hydrogens (tertiary/aromatic N) is 4. The number of aliphatic hydroxyl groups is 2. The van der Waals surface area contributed by atoms with Crippen LogP contribution in [0, 0.1) is 5.92 Å². The van der Waals surface area contributed by atoms with Crippen molar-refractivity contribution < 1.29 is 15.0 Å². The number of carbonyl (C=O) groups is 1. The fraction of sp³-hybridized carbons (Fsp3) is 0.233. The Morgan fingerprint density at radius 2 is 1.76 bits per heavy atom. The number of rotatable bonds is 9. The van der Waals surface area contributed by atoms with E-state index in [0.717, 1.165) is 10.0 Å². The van der Waals surface area contributed by atoms with Gasteiger partial charge in [-0.25, -0.2) is 0 Å². The summed E-state index contributed by atoms with van der Waals surface area (Å²) < 4.78 is 2.54. The molecule has 0 bridgehead atoms. The highest BCUT2D eigenvalue weighted by molar-refractivity contribution is 9.10. The number of halogens is 1. The molecule has 0 radical (unpaired) electrons. The van der Waals surface area contributed by atoms with Crippen LogP contribution in [0.4, 0.5) is 11.4 Å². The van der Waals surface area contributed by atoms with Crippen LogP contribution in [-0.4, -0.2) is 37.7 Å². The number of hydrogen-bond acceptors (Lipinski definition) is 5. The van der Waals surface area contributed by atoms with Crippen molar-refractivity contribution in [3.8, 4) is 0 Å². The van der Waals surface area contributed by atoms with Crippen LogP contribution in [0.5, 0.6) is 0 Å². The minimum Gasteiger partial charge on any atom is -0.395 e. The van der Waals surface area contributed by atoms with Crippen LogP contribution in [0.25, 0.3) is 0 Å². The van der Waals surface area contributed by atoms with Gasteiger partial charge in [-0.05, 0) is 42.3 Å². The Kier molecular flexibility index (Phi) is 7.56. The fourth-order valence-electron chi connectivity index (χ4n) is 4.96. The number of aromatic nitrogens is 3. The van der Waals surface area contributed by atoms with Gasteiger partial charge in [-0.15, -0.1) is 5.10 Å². The highest BCUT2D eigenvalue weighted by atomic mass is 79.9. The molecule has 38 heavy (non-hydrogen) atoms. The lowest BCUT2D eigenvalue weighted by Crippen LogP contribution is -2.42. The summed E-state index contributed by atoms with van der Waals surface area (Å²) in [6.45, 7) is 2.38. The largest absolute Gasteiger partial charge is 0.395 e. The summed E-state index contributed by atoms with van der Waals surface area (Å²) in [5.41, 5.74) is 1.98.